The number of H-pyrrole nitrogens is 1. The zero-order valence-electron chi connectivity index (χ0n) is 25.3. The second-order valence-corrected chi connectivity index (χ2v) is 11.4. The quantitative estimate of drug-likeness (QED) is 0.220. The fourth-order valence-electron chi connectivity index (χ4n) is 5.66. The third-order valence-corrected chi connectivity index (χ3v) is 7.79. The van der Waals surface area contributed by atoms with Crippen molar-refractivity contribution in [1.29, 1.82) is 5.26 Å². The molecular formula is C31H31F3N7O4+. The minimum Gasteiger partial charge on any atom is -0.466 e. The molecule has 2 aromatic carbocycles. The third kappa shape index (κ3) is 6.12. The number of ether oxygens (including phenoxy) is 1. The molecule has 1 aliphatic rings. The summed E-state index contributed by atoms with van der Waals surface area (Å²) in [6.45, 7) is 4.48. The summed E-state index contributed by atoms with van der Waals surface area (Å²) in [6.07, 6.45) is -2.57. The number of allylic oxidation sites excluding steroid dienone is 1. The van der Waals surface area contributed by atoms with Gasteiger partial charge in [-0.05, 0) is 48.4 Å². The number of esters is 1. The van der Waals surface area contributed by atoms with Gasteiger partial charge >= 0.3 is 17.8 Å². The highest BCUT2D eigenvalue weighted by atomic mass is 19.4. The van der Waals surface area contributed by atoms with Gasteiger partial charge in [0.1, 0.15) is 24.5 Å². The number of oxazole rings is 1. The van der Waals surface area contributed by atoms with Crippen molar-refractivity contribution in [2.75, 3.05) is 32.6 Å². The van der Waals surface area contributed by atoms with E-state index in [0.29, 0.717) is 46.6 Å². The smallest absolute Gasteiger partial charge is 0.416 e. The number of carbonyl (C=O) groups is 1. The van der Waals surface area contributed by atoms with Gasteiger partial charge in [-0.1, -0.05) is 12.1 Å². The number of fused-ring (bicyclic) bond motifs is 1. The molecular weight excluding hydrogens is 591 g/mol. The number of hydrogen-bond donors (Lipinski definition) is 1. The normalized spacial score (nSPS) is 15.2. The fourth-order valence-corrected chi connectivity index (χ4v) is 5.66. The Hall–Kier alpha value is -5.16. The second-order valence-electron chi connectivity index (χ2n) is 11.4. The van der Waals surface area contributed by atoms with Gasteiger partial charge in [-0.15, -0.1) is 5.10 Å². The lowest BCUT2D eigenvalue weighted by Crippen LogP contribution is -2.41. The van der Waals surface area contributed by atoms with E-state index in [1.165, 1.54) is 28.7 Å². The molecule has 0 amide bonds. The Morgan fingerprint density at radius 1 is 1.20 bits per heavy atom. The Morgan fingerprint density at radius 3 is 2.60 bits per heavy atom. The molecule has 1 atom stereocenters. The molecule has 14 heteroatoms. The number of alkyl halides is 3. The van der Waals surface area contributed by atoms with Crippen LogP contribution in [0.1, 0.15) is 46.8 Å². The minimum atomic E-state index is -4.63. The number of likely N-dealkylation sites (N-methyl/N-ethyl adjacent to an activating group) is 1. The van der Waals surface area contributed by atoms with Crippen molar-refractivity contribution < 1.29 is 31.6 Å². The molecule has 2 aromatic heterocycles. The number of benzene rings is 2. The van der Waals surface area contributed by atoms with Crippen LogP contribution in [0.4, 0.5) is 24.8 Å². The molecule has 11 nitrogen and oxygen atoms in total. The zero-order chi connectivity index (χ0) is 32.7. The number of aryl methyl sites for hydroxylation is 1. The van der Waals surface area contributed by atoms with Gasteiger partial charge in [0.25, 0.3) is 0 Å². The summed E-state index contributed by atoms with van der Waals surface area (Å²) in [5.74, 6) is -0.229. The number of nitrogens with one attached hydrogen (secondary N) is 1. The Balaban J connectivity index is 1.65. The molecule has 1 aliphatic heterocycles. The number of quaternary nitrogens is 1. The first-order chi connectivity index (χ1) is 21.2. The number of hydrogen-bond acceptors (Lipinski definition) is 8. The van der Waals surface area contributed by atoms with E-state index in [0.717, 1.165) is 17.8 Å². The van der Waals surface area contributed by atoms with Gasteiger partial charge in [0.05, 0.1) is 50.5 Å². The van der Waals surface area contributed by atoms with Crippen molar-refractivity contribution >= 4 is 17.6 Å². The van der Waals surface area contributed by atoms with Gasteiger partial charge in [0, 0.05) is 24.7 Å². The van der Waals surface area contributed by atoms with E-state index >= 15 is 0 Å². The number of aromatic nitrogens is 4. The van der Waals surface area contributed by atoms with Gasteiger partial charge in [0.2, 0.25) is 5.95 Å². The Bertz CT molecular complexity index is 1900. The van der Waals surface area contributed by atoms with Gasteiger partial charge in [0.15, 0.2) is 5.89 Å². The summed E-state index contributed by atoms with van der Waals surface area (Å²) in [5.41, 5.74) is 1.11. The van der Waals surface area contributed by atoms with Gasteiger partial charge < -0.3 is 13.6 Å². The van der Waals surface area contributed by atoms with Gasteiger partial charge in [-0.3, -0.25) is 4.90 Å². The summed E-state index contributed by atoms with van der Waals surface area (Å²) in [6, 6.07) is 10.6. The number of aromatic amines is 1. The number of methoxy groups -OCH3 is 1. The molecule has 0 spiro atoms. The van der Waals surface area contributed by atoms with Crippen LogP contribution >= 0.6 is 0 Å². The first-order valence-electron chi connectivity index (χ1n) is 13.9. The number of nitrogens with zero attached hydrogens (tertiary/aromatic N) is 6. The van der Waals surface area contributed by atoms with E-state index in [1.807, 2.05) is 14.1 Å². The monoisotopic (exact) mass is 622 g/mol. The molecule has 1 unspecified atom stereocenters. The number of rotatable bonds is 8. The van der Waals surface area contributed by atoms with Crippen LogP contribution in [-0.4, -0.2) is 58.0 Å². The van der Waals surface area contributed by atoms with Crippen LogP contribution in [0.15, 0.2) is 69.2 Å². The van der Waals surface area contributed by atoms with E-state index in [1.54, 1.807) is 38.3 Å². The number of carbonyl (C=O) groups excluding carboxylic acids is 1. The molecule has 4 aromatic rings. The van der Waals surface area contributed by atoms with E-state index in [-0.39, 0.29) is 22.9 Å². The first-order valence-corrected chi connectivity index (χ1v) is 13.9. The molecule has 234 valence electrons. The molecule has 0 bridgehead atoms. The highest BCUT2D eigenvalue weighted by Crippen LogP contribution is 2.43. The molecule has 5 rings (SSSR count). The van der Waals surface area contributed by atoms with Gasteiger partial charge in [-0.25, -0.2) is 24.2 Å². The molecule has 0 saturated carbocycles. The lowest BCUT2D eigenvalue weighted by molar-refractivity contribution is -0.903. The molecule has 0 fully saturated rings. The molecule has 0 saturated heterocycles. The predicted molar refractivity (Wildman–Crippen MR) is 156 cm³/mol. The number of nitriles is 1. The minimum absolute atomic E-state index is 0.0118. The largest absolute Gasteiger partial charge is 0.466 e. The fraction of sp³-hybridized carbons (Fsp3) is 0.323. The number of anilines is 2. The summed E-state index contributed by atoms with van der Waals surface area (Å²) in [4.78, 5) is 32.5. The SMILES string of the molecule is COC(=O)C1=C(C)N(c2cccc(C(F)(F)F)c2)c2n[nH]c(=O)n2C1c1ccc(C#N)cc1CC[N+](C)(C)Cc1coc(C)n1. The van der Waals surface area contributed by atoms with Crippen LogP contribution in [0, 0.1) is 18.3 Å². The summed E-state index contributed by atoms with van der Waals surface area (Å²) >= 11 is 0. The Morgan fingerprint density at radius 2 is 1.96 bits per heavy atom. The topological polar surface area (TPSA) is 130 Å². The Labute approximate surface area is 256 Å². The van der Waals surface area contributed by atoms with Crippen molar-refractivity contribution in [2.45, 2.75) is 39.0 Å². The molecule has 1 N–H and O–H groups in total. The third-order valence-electron chi connectivity index (χ3n) is 7.79. The number of halogens is 3. The lowest BCUT2D eigenvalue weighted by Gasteiger charge is -2.36. The average molecular weight is 623 g/mol. The maximum Gasteiger partial charge on any atom is 0.416 e. The van der Waals surface area contributed by atoms with Crippen LogP contribution in [0.25, 0.3) is 0 Å². The first kappa shape index (κ1) is 31.3. The van der Waals surface area contributed by atoms with Gasteiger partial charge in [-0.2, -0.15) is 18.4 Å². The van der Waals surface area contributed by atoms with Crippen molar-refractivity contribution in [3.8, 4) is 6.07 Å². The van der Waals surface area contributed by atoms with Crippen molar-refractivity contribution in [2.24, 2.45) is 0 Å². The van der Waals surface area contributed by atoms with Crippen LogP contribution in [0.2, 0.25) is 0 Å². The summed E-state index contributed by atoms with van der Waals surface area (Å²) in [7, 11) is 5.23. The maximum atomic E-state index is 13.6. The highest BCUT2D eigenvalue weighted by molar-refractivity contribution is 5.93. The summed E-state index contributed by atoms with van der Waals surface area (Å²) in [5, 5.41) is 16.3. The molecule has 0 radical (unpaired) electrons. The van der Waals surface area contributed by atoms with Crippen molar-refractivity contribution in [3.63, 3.8) is 0 Å². The standard InChI is InChI=1S/C31H30F3N7O4/c1-18-26(28(42)44-5)27(40-29(37-38-30(40)43)39(18)24-8-6-7-22(14-24)31(32,33)34)25-10-9-20(15-35)13-21(25)11-12-41(3,4)16-23-17-45-19(2)36-23/h6-10,13-14,17,27H,11-12,16H2,1-5H3/p+1. The predicted octanol–water partition coefficient (Wildman–Crippen LogP) is 4.77. The van der Waals surface area contributed by atoms with E-state index in [4.69, 9.17) is 9.15 Å². The van der Waals surface area contributed by atoms with Crippen LogP contribution in [-0.2, 0) is 28.7 Å². The summed E-state index contributed by atoms with van der Waals surface area (Å²) < 4.78 is 53.2. The average Bonchev–Trinajstić information content (AvgIpc) is 3.58. The van der Waals surface area contributed by atoms with Crippen molar-refractivity contribution in [1.82, 2.24) is 19.7 Å². The maximum absolute atomic E-state index is 13.6. The second kappa shape index (κ2) is 11.7. The highest BCUT2D eigenvalue weighted by Gasteiger charge is 2.41. The van der Waals surface area contributed by atoms with Crippen LogP contribution in [0.3, 0.4) is 0 Å². The molecule has 45 heavy (non-hydrogen) atoms. The Kier molecular flexibility index (Phi) is 8.15. The van der Waals surface area contributed by atoms with Crippen LogP contribution < -0.4 is 10.6 Å². The van der Waals surface area contributed by atoms with E-state index in [9.17, 15) is 28.0 Å². The van der Waals surface area contributed by atoms with Crippen molar-refractivity contribution in [3.05, 3.63) is 104 Å². The lowest BCUT2D eigenvalue weighted by atomic mass is 9.89. The van der Waals surface area contributed by atoms with E-state index < -0.39 is 29.4 Å². The molecule has 3 heterocycles. The zero-order valence-corrected chi connectivity index (χ0v) is 25.3. The van der Waals surface area contributed by atoms with Crippen LogP contribution in [0.5, 0.6) is 0 Å². The molecule has 0 aliphatic carbocycles. The van der Waals surface area contributed by atoms with E-state index in [2.05, 4.69) is 21.3 Å².